The van der Waals surface area contributed by atoms with Gasteiger partial charge in [-0.2, -0.15) is 5.26 Å². The van der Waals surface area contributed by atoms with Crippen LogP contribution in [0.3, 0.4) is 0 Å². The number of carbonyl (C=O) groups excluding carboxylic acids is 3. The van der Waals surface area contributed by atoms with Gasteiger partial charge in [0.25, 0.3) is 5.91 Å². The summed E-state index contributed by atoms with van der Waals surface area (Å²) in [5.74, 6) is -0.766. The van der Waals surface area contributed by atoms with Gasteiger partial charge in [-0.1, -0.05) is 30.3 Å². The Balaban J connectivity index is 1.04. The van der Waals surface area contributed by atoms with Gasteiger partial charge in [-0.05, 0) is 47.9 Å². The van der Waals surface area contributed by atoms with Crippen LogP contribution in [0.15, 0.2) is 60.7 Å². The number of piperazine rings is 1. The summed E-state index contributed by atoms with van der Waals surface area (Å²) < 4.78 is 20.6. The molecule has 218 valence electrons. The van der Waals surface area contributed by atoms with E-state index < -0.39 is 11.3 Å². The molecule has 0 spiro atoms. The van der Waals surface area contributed by atoms with Crippen LogP contribution in [0.5, 0.6) is 5.75 Å². The van der Waals surface area contributed by atoms with Crippen LogP contribution in [-0.2, 0) is 29.3 Å². The number of halogens is 1. The molecule has 0 radical (unpaired) electrons. The van der Waals surface area contributed by atoms with E-state index in [4.69, 9.17) is 10.00 Å². The van der Waals surface area contributed by atoms with Gasteiger partial charge in [0.15, 0.2) is 0 Å². The van der Waals surface area contributed by atoms with Gasteiger partial charge < -0.3 is 14.5 Å². The van der Waals surface area contributed by atoms with Crippen molar-refractivity contribution < 1.29 is 23.5 Å². The van der Waals surface area contributed by atoms with E-state index in [2.05, 4.69) is 22.3 Å². The number of benzene rings is 3. The first kappa shape index (κ1) is 28.4. The van der Waals surface area contributed by atoms with Crippen molar-refractivity contribution in [1.29, 1.82) is 5.26 Å². The Kier molecular flexibility index (Phi) is 7.63. The second-order valence-corrected chi connectivity index (χ2v) is 11.5. The molecule has 3 aromatic carbocycles. The molecule has 0 bridgehead atoms. The van der Waals surface area contributed by atoms with Crippen LogP contribution in [-0.4, -0.2) is 67.0 Å². The quantitative estimate of drug-likeness (QED) is 0.339. The highest BCUT2D eigenvalue weighted by atomic mass is 19.1. The average molecular weight is 579 g/mol. The molecule has 0 saturated carbocycles. The zero-order chi connectivity index (χ0) is 30.1. The number of ether oxygens (including phenoxy) is 1. The normalized spacial score (nSPS) is 20.5. The highest BCUT2D eigenvalue weighted by molar-refractivity contribution is 6.32. The van der Waals surface area contributed by atoms with E-state index >= 15 is 0 Å². The second-order valence-electron chi connectivity index (χ2n) is 11.5. The third-order valence-corrected chi connectivity index (χ3v) is 8.71. The zero-order valence-corrected chi connectivity index (χ0v) is 23.9. The van der Waals surface area contributed by atoms with Crippen LogP contribution in [0.4, 0.5) is 10.1 Å². The maximum Gasteiger partial charge on any atom is 0.254 e. The molecule has 43 heavy (non-hydrogen) atoms. The zero-order valence-electron chi connectivity index (χ0n) is 23.9. The first-order valence-corrected chi connectivity index (χ1v) is 14.4. The fourth-order valence-electron chi connectivity index (χ4n) is 6.03. The summed E-state index contributed by atoms with van der Waals surface area (Å²) in [7, 11) is 1.70. The fraction of sp³-hybridized carbons (Fsp3) is 0.312. The van der Waals surface area contributed by atoms with E-state index in [0.29, 0.717) is 42.3 Å². The van der Waals surface area contributed by atoms with Crippen LogP contribution in [0, 0.1) is 17.1 Å². The minimum absolute atomic E-state index is 0.191. The maximum atomic E-state index is 14.4. The molecular formula is C32H31BFN5O4. The molecule has 3 amide bonds. The highest BCUT2D eigenvalue weighted by Crippen LogP contribution is 2.37. The fourth-order valence-corrected chi connectivity index (χ4v) is 6.03. The van der Waals surface area contributed by atoms with E-state index in [1.807, 2.05) is 29.2 Å². The number of nitrogens with one attached hydrogen (secondary N) is 1. The van der Waals surface area contributed by atoms with E-state index in [1.165, 1.54) is 11.6 Å². The molecule has 0 aliphatic carbocycles. The number of piperidine rings is 1. The predicted molar refractivity (Wildman–Crippen MR) is 159 cm³/mol. The lowest BCUT2D eigenvalue weighted by Crippen LogP contribution is -2.63. The van der Waals surface area contributed by atoms with Crippen molar-refractivity contribution in [2.75, 3.05) is 31.1 Å². The van der Waals surface area contributed by atoms with Crippen molar-refractivity contribution in [1.82, 2.24) is 15.1 Å². The molecule has 0 unspecified atom stereocenters. The molecule has 2 saturated heterocycles. The van der Waals surface area contributed by atoms with E-state index in [9.17, 15) is 18.8 Å². The summed E-state index contributed by atoms with van der Waals surface area (Å²) in [5, 5.41) is 11.3. The molecular weight excluding hydrogens is 548 g/mol. The number of fused-ring (bicyclic) bond motifs is 1. The summed E-state index contributed by atoms with van der Waals surface area (Å²) >= 11 is 0. The molecule has 1 N–H and O–H groups in total. The first-order chi connectivity index (χ1) is 20.7. The number of hydrogen-bond acceptors (Lipinski definition) is 7. The molecule has 3 aliphatic heterocycles. The first-order valence-electron chi connectivity index (χ1n) is 14.4. The smallest absolute Gasteiger partial charge is 0.254 e. The molecule has 1 atom stereocenters. The standard InChI is InChI=1S/C32H31BFN5O4/c33-32(11-10-29(40)36-31(32)42)39-19-25-24(30(39)41)2-1-3-28(25)43-20-22-6-4-21(5-7-22)18-37-12-14-38(15-13-37)27-9-8-23(17-35)16-26(27)34/h1-9,16H,10-15,18-20,33H2,(H,36,40,42)/t32-/m1/s1. The van der Waals surface area contributed by atoms with Gasteiger partial charge in [-0.25, -0.2) is 4.39 Å². The second kappa shape index (κ2) is 11.5. The SMILES string of the molecule is B[C@@]1(N2Cc3c(OCc4ccc(CN5CCN(c6ccc(C#N)cc6F)CC5)cc4)cccc3C2=O)CCC(=O)NC1=O. The third kappa shape index (κ3) is 5.58. The van der Waals surface area contributed by atoms with Crippen molar-refractivity contribution in [2.24, 2.45) is 0 Å². The van der Waals surface area contributed by atoms with E-state index in [1.54, 1.807) is 37.0 Å². The van der Waals surface area contributed by atoms with Crippen molar-refractivity contribution in [3.63, 3.8) is 0 Å². The van der Waals surface area contributed by atoms with Crippen LogP contribution in [0.1, 0.15) is 45.5 Å². The number of rotatable bonds is 7. The van der Waals surface area contributed by atoms with Gasteiger partial charge in [-0.15, -0.1) is 0 Å². The van der Waals surface area contributed by atoms with E-state index in [-0.39, 0.29) is 37.0 Å². The molecule has 11 heteroatoms. The minimum atomic E-state index is -1.09. The van der Waals surface area contributed by atoms with Crippen molar-refractivity contribution >= 4 is 31.3 Å². The largest absolute Gasteiger partial charge is 0.489 e. The molecule has 9 nitrogen and oxygen atoms in total. The molecule has 3 aliphatic rings. The molecule has 6 rings (SSSR count). The summed E-state index contributed by atoms with van der Waals surface area (Å²) in [5.41, 5.74) is 3.18. The number of hydrogen-bond donors (Lipinski definition) is 1. The monoisotopic (exact) mass is 579 g/mol. The van der Waals surface area contributed by atoms with Crippen molar-refractivity contribution in [3.8, 4) is 11.8 Å². The Morgan fingerprint density at radius 3 is 2.44 bits per heavy atom. The predicted octanol–water partition coefficient (Wildman–Crippen LogP) is 2.32. The van der Waals surface area contributed by atoms with Gasteiger partial charge >= 0.3 is 0 Å². The Morgan fingerprint density at radius 1 is 1.00 bits per heavy atom. The summed E-state index contributed by atoms with van der Waals surface area (Å²) in [6, 6.07) is 20.2. The Labute approximate surface area is 250 Å². The molecule has 3 heterocycles. The van der Waals surface area contributed by atoms with Gasteiger partial charge in [-0.3, -0.25) is 24.6 Å². The Hall–Kier alpha value is -4.69. The third-order valence-electron chi connectivity index (χ3n) is 8.71. The van der Waals surface area contributed by atoms with Crippen LogP contribution in [0.25, 0.3) is 0 Å². The summed E-state index contributed by atoms with van der Waals surface area (Å²) in [4.78, 5) is 43.5. The van der Waals surface area contributed by atoms with Gasteiger partial charge in [0.2, 0.25) is 11.8 Å². The summed E-state index contributed by atoms with van der Waals surface area (Å²) in [6.45, 7) is 4.37. The maximum absolute atomic E-state index is 14.4. The van der Waals surface area contributed by atoms with Gasteiger partial charge in [0.05, 0.1) is 29.3 Å². The lowest BCUT2D eigenvalue weighted by atomic mass is 9.70. The van der Waals surface area contributed by atoms with E-state index in [0.717, 1.165) is 30.8 Å². The Bertz CT molecular complexity index is 1630. The topological polar surface area (TPSA) is 106 Å². The van der Waals surface area contributed by atoms with Crippen LogP contribution >= 0.6 is 0 Å². The Morgan fingerprint density at radius 2 is 1.74 bits per heavy atom. The average Bonchev–Trinajstić information content (AvgIpc) is 3.36. The molecule has 3 aromatic rings. The summed E-state index contributed by atoms with van der Waals surface area (Å²) in [6.07, 6.45) is 0.474. The number of nitrogens with zero attached hydrogens (tertiary/aromatic N) is 4. The van der Waals surface area contributed by atoms with Crippen molar-refractivity contribution in [2.45, 2.75) is 38.0 Å². The molecule has 0 aromatic heterocycles. The number of anilines is 1. The number of carbonyl (C=O) groups is 3. The lowest BCUT2D eigenvalue weighted by molar-refractivity contribution is -0.138. The highest BCUT2D eigenvalue weighted by Gasteiger charge is 2.48. The number of amides is 3. The molecule has 2 fully saturated rings. The number of imide groups is 1. The number of nitriles is 1. The van der Waals surface area contributed by atoms with Crippen LogP contribution in [0.2, 0.25) is 0 Å². The van der Waals surface area contributed by atoms with Crippen molar-refractivity contribution in [3.05, 3.63) is 94.3 Å². The van der Waals surface area contributed by atoms with Crippen LogP contribution < -0.4 is 15.0 Å². The van der Waals surface area contributed by atoms with Gasteiger partial charge in [0.1, 0.15) is 26.0 Å². The minimum Gasteiger partial charge on any atom is -0.489 e. The van der Waals surface area contributed by atoms with Gasteiger partial charge in [0, 0.05) is 50.3 Å². The lowest BCUT2D eigenvalue weighted by Gasteiger charge is -2.39.